The largest absolute Gasteiger partial charge is 0.396 e. The van der Waals surface area contributed by atoms with Gasteiger partial charge in [0.05, 0.1) is 0 Å². The van der Waals surface area contributed by atoms with Gasteiger partial charge in [0, 0.05) is 6.61 Å². The summed E-state index contributed by atoms with van der Waals surface area (Å²) in [4.78, 5) is 0. The third-order valence-corrected chi connectivity index (χ3v) is 3.79. The first-order valence-corrected chi connectivity index (χ1v) is 4.60. The van der Waals surface area contributed by atoms with Crippen LogP contribution in [0.4, 0.5) is 0 Å². The molecule has 1 fully saturated rings. The fraction of sp³-hybridized carbons (Fsp3) is 1.00. The molecular formula is C10H20O. The van der Waals surface area contributed by atoms with Crippen molar-refractivity contribution in [1.29, 1.82) is 0 Å². The highest BCUT2D eigenvalue weighted by Crippen LogP contribution is 2.49. The lowest BCUT2D eigenvalue weighted by Gasteiger charge is -2.25. The van der Waals surface area contributed by atoms with Crippen LogP contribution in [0.1, 0.15) is 34.1 Å². The summed E-state index contributed by atoms with van der Waals surface area (Å²) in [5, 5.41) is 9.09. The molecule has 1 rings (SSSR count). The second-order valence-electron chi connectivity index (χ2n) is 4.78. The third-order valence-electron chi connectivity index (χ3n) is 3.79. The zero-order valence-electron chi connectivity index (χ0n) is 8.09. The molecule has 0 aliphatic heterocycles. The van der Waals surface area contributed by atoms with E-state index in [9.17, 15) is 0 Å². The topological polar surface area (TPSA) is 20.2 Å². The zero-order valence-corrected chi connectivity index (χ0v) is 8.09. The minimum atomic E-state index is 0.370. The van der Waals surface area contributed by atoms with Gasteiger partial charge >= 0.3 is 0 Å². The Balaban J connectivity index is 2.69. The van der Waals surface area contributed by atoms with Crippen molar-refractivity contribution in [2.75, 3.05) is 6.61 Å². The zero-order chi connectivity index (χ0) is 8.65. The Kier molecular flexibility index (Phi) is 2.29. The molecule has 0 saturated heterocycles. The monoisotopic (exact) mass is 156 g/mol. The third kappa shape index (κ3) is 1.44. The highest BCUT2D eigenvalue weighted by Gasteiger charge is 2.42. The lowest BCUT2D eigenvalue weighted by Crippen LogP contribution is -2.17. The Hall–Kier alpha value is -0.0400. The molecule has 0 heterocycles. The van der Waals surface area contributed by atoms with E-state index in [2.05, 4.69) is 27.7 Å². The minimum absolute atomic E-state index is 0.370. The molecule has 1 heteroatoms. The van der Waals surface area contributed by atoms with Crippen LogP contribution in [0.15, 0.2) is 0 Å². The molecule has 0 aromatic rings. The van der Waals surface area contributed by atoms with Crippen molar-refractivity contribution in [3.8, 4) is 0 Å². The van der Waals surface area contributed by atoms with E-state index >= 15 is 0 Å². The van der Waals surface area contributed by atoms with Crippen molar-refractivity contribution in [2.24, 2.45) is 23.2 Å². The Morgan fingerprint density at radius 1 is 1.36 bits per heavy atom. The highest BCUT2D eigenvalue weighted by molar-refractivity contribution is 4.91. The van der Waals surface area contributed by atoms with Crippen LogP contribution < -0.4 is 0 Å². The van der Waals surface area contributed by atoms with E-state index in [1.165, 1.54) is 6.42 Å². The summed E-state index contributed by atoms with van der Waals surface area (Å²) in [5.41, 5.74) is 0.437. The number of aliphatic hydroxyl groups excluding tert-OH is 1. The Morgan fingerprint density at radius 3 is 2.09 bits per heavy atom. The van der Waals surface area contributed by atoms with E-state index in [1.54, 1.807) is 0 Å². The van der Waals surface area contributed by atoms with Gasteiger partial charge in [-0.3, -0.25) is 0 Å². The summed E-state index contributed by atoms with van der Waals surface area (Å²) in [6, 6.07) is 0. The van der Waals surface area contributed by atoms with Crippen molar-refractivity contribution in [1.82, 2.24) is 0 Å². The fourth-order valence-corrected chi connectivity index (χ4v) is 2.40. The predicted octanol–water partition coefficient (Wildman–Crippen LogP) is 2.30. The van der Waals surface area contributed by atoms with E-state index in [1.807, 2.05) is 0 Å². The van der Waals surface area contributed by atoms with Gasteiger partial charge in [-0.15, -0.1) is 0 Å². The van der Waals surface area contributed by atoms with E-state index in [0.717, 1.165) is 5.92 Å². The van der Waals surface area contributed by atoms with Crippen molar-refractivity contribution >= 4 is 0 Å². The summed E-state index contributed by atoms with van der Waals surface area (Å²) >= 11 is 0. The molecular weight excluding hydrogens is 136 g/mol. The SMILES string of the molecule is CC1C(CO)CC(C)(C)C1C. The van der Waals surface area contributed by atoms with Crippen molar-refractivity contribution in [3.63, 3.8) is 0 Å². The molecule has 3 unspecified atom stereocenters. The van der Waals surface area contributed by atoms with Crippen LogP contribution in [0.25, 0.3) is 0 Å². The normalized spacial score (nSPS) is 42.8. The Morgan fingerprint density at radius 2 is 1.91 bits per heavy atom. The van der Waals surface area contributed by atoms with Gasteiger partial charge in [-0.1, -0.05) is 27.7 Å². The van der Waals surface area contributed by atoms with Crippen LogP contribution in [0.5, 0.6) is 0 Å². The molecule has 0 spiro atoms. The first-order valence-electron chi connectivity index (χ1n) is 4.60. The van der Waals surface area contributed by atoms with Gasteiger partial charge in [0.15, 0.2) is 0 Å². The fourth-order valence-electron chi connectivity index (χ4n) is 2.40. The van der Waals surface area contributed by atoms with Gasteiger partial charge in [0.1, 0.15) is 0 Å². The van der Waals surface area contributed by atoms with Gasteiger partial charge in [-0.25, -0.2) is 0 Å². The van der Waals surface area contributed by atoms with Crippen LogP contribution >= 0.6 is 0 Å². The molecule has 1 aliphatic rings. The number of rotatable bonds is 1. The van der Waals surface area contributed by atoms with E-state index < -0.39 is 0 Å². The number of hydrogen-bond donors (Lipinski definition) is 1. The molecule has 0 bridgehead atoms. The Labute approximate surface area is 69.8 Å². The Bertz CT molecular complexity index is 140. The van der Waals surface area contributed by atoms with Gasteiger partial charge in [0.2, 0.25) is 0 Å². The van der Waals surface area contributed by atoms with E-state index in [4.69, 9.17) is 5.11 Å². The maximum atomic E-state index is 9.09. The summed E-state index contributed by atoms with van der Waals surface area (Å²) < 4.78 is 0. The average Bonchev–Trinajstić information content (AvgIpc) is 2.13. The smallest absolute Gasteiger partial charge is 0.0462 e. The predicted molar refractivity (Wildman–Crippen MR) is 47.3 cm³/mol. The molecule has 0 amide bonds. The molecule has 1 aliphatic carbocycles. The van der Waals surface area contributed by atoms with Crippen molar-refractivity contribution in [2.45, 2.75) is 34.1 Å². The van der Waals surface area contributed by atoms with E-state index in [-0.39, 0.29) is 0 Å². The quantitative estimate of drug-likeness (QED) is 0.617. The van der Waals surface area contributed by atoms with Crippen LogP contribution in [-0.4, -0.2) is 11.7 Å². The van der Waals surface area contributed by atoms with Gasteiger partial charge < -0.3 is 5.11 Å². The molecule has 0 aromatic heterocycles. The second kappa shape index (κ2) is 2.78. The molecule has 1 nitrogen and oxygen atoms in total. The highest BCUT2D eigenvalue weighted by atomic mass is 16.3. The van der Waals surface area contributed by atoms with Gasteiger partial charge in [-0.05, 0) is 29.6 Å². The maximum Gasteiger partial charge on any atom is 0.0462 e. The standard InChI is InChI=1S/C10H20O/c1-7-8(2)10(3,4)5-9(7)6-11/h7-9,11H,5-6H2,1-4H3. The molecule has 3 atom stereocenters. The van der Waals surface area contributed by atoms with Crippen molar-refractivity contribution in [3.05, 3.63) is 0 Å². The lowest BCUT2D eigenvalue weighted by atomic mass is 9.81. The van der Waals surface area contributed by atoms with Crippen LogP contribution in [-0.2, 0) is 0 Å². The number of hydrogen-bond acceptors (Lipinski definition) is 1. The van der Waals surface area contributed by atoms with Crippen LogP contribution in [0.2, 0.25) is 0 Å². The average molecular weight is 156 g/mol. The van der Waals surface area contributed by atoms with Crippen molar-refractivity contribution < 1.29 is 5.11 Å². The number of aliphatic hydroxyl groups is 1. The first kappa shape index (κ1) is 9.05. The molecule has 1 N–H and O–H groups in total. The molecule has 0 aromatic carbocycles. The van der Waals surface area contributed by atoms with Gasteiger partial charge in [0.25, 0.3) is 0 Å². The summed E-state index contributed by atoms with van der Waals surface area (Å²) in [7, 11) is 0. The summed E-state index contributed by atoms with van der Waals surface area (Å²) in [5.74, 6) is 1.98. The second-order valence-corrected chi connectivity index (χ2v) is 4.78. The summed E-state index contributed by atoms with van der Waals surface area (Å²) in [6.07, 6.45) is 1.19. The molecule has 0 radical (unpaired) electrons. The molecule has 11 heavy (non-hydrogen) atoms. The lowest BCUT2D eigenvalue weighted by molar-refractivity contribution is 0.191. The van der Waals surface area contributed by atoms with E-state index in [0.29, 0.717) is 23.9 Å². The molecule has 66 valence electrons. The van der Waals surface area contributed by atoms with Crippen LogP contribution in [0.3, 0.4) is 0 Å². The first-order chi connectivity index (χ1) is 4.99. The minimum Gasteiger partial charge on any atom is -0.396 e. The van der Waals surface area contributed by atoms with Crippen LogP contribution in [0, 0.1) is 23.2 Å². The van der Waals surface area contributed by atoms with Gasteiger partial charge in [-0.2, -0.15) is 0 Å². The maximum absolute atomic E-state index is 9.09. The summed E-state index contributed by atoms with van der Waals surface area (Å²) in [6.45, 7) is 9.56. The molecule has 1 saturated carbocycles.